The summed E-state index contributed by atoms with van der Waals surface area (Å²) in [6, 6.07) is -0.700. The van der Waals surface area contributed by atoms with Gasteiger partial charge in [0.05, 0.1) is 0 Å². The first-order chi connectivity index (χ1) is 7.50. The predicted molar refractivity (Wildman–Crippen MR) is 61.5 cm³/mol. The Morgan fingerprint density at radius 3 is 2.62 bits per heavy atom. The van der Waals surface area contributed by atoms with Gasteiger partial charge in [-0.3, -0.25) is 0 Å². The maximum atomic E-state index is 11.0. The Hall–Kier alpha value is -1.36. The third-order valence-corrected chi connectivity index (χ3v) is 2.25. The lowest BCUT2D eigenvalue weighted by atomic mass is 10.0. The van der Waals surface area contributed by atoms with Crippen LogP contribution in [0.15, 0.2) is 12.4 Å². The molecule has 0 saturated carbocycles. The Bertz CT molecular complexity index is 371. The van der Waals surface area contributed by atoms with Gasteiger partial charge in [0.2, 0.25) is 0 Å². The molecule has 0 amide bonds. The van der Waals surface area contributed by atoms with E-state index in [2.05, 4.69) is 15.3 Å². The minimum atomic E-state index is -0.921. The molecule has 16 heavy (non-hydrogen) atoms. The van der Waals surface area contributed by atoms with Crippen LogP contribution >= 0.6 is 11.6 Å². The second kappa shape index (κ2) is 5.65. The van der Waals surface area contributed by atoms with Crippen molar-refractivity contribution in [1.29, 1.82) is 0 Å². The standard InChI is InChI=1S/C10H14ClN3O2/c1-6(2)5-7(10(15)16)14-9-8(11)12-3-4-13-9/h3-4,6-7H,5H2,1-2H3,(H,13,14)(H,15,16)/t7-/m0/s1. The van der Waals surface area contributed by atoms with Crippen molar-refractivity contribution in [3.63, 3.8) is 0 Å². The monoisotopic (exact) mass is 243 g/mol. The Morgan fingerprint density at radius 2 is 2.12 bits per heavy atom. The van der Waals surface area contributed by atoms with Crippen LogP contribution in [-0.4, -0.2) is 27.1 Å². The van der Waals surface area contributed by atoms with E-state index < -0.39 is 12.0 Å². The molecule has 1 heterocycles. The molecule has 0 bridgehead atoms. The molecule has 5 nitrogen and oxygen atoms in total. The Labute approximate surface area is 98.9 Å². The summed E-state index contributed by atoms with van der Waals surface area (Å²) in [6.07, 6.45) is 3.41. The van der Waals surface area contributed by atoms with Gasteiger partial charge in [0.15, 0.2) is 11.0 Å². The molecule has 0 spiro atoms. The fourth-order valence-electron chi connectivity index (χ4n) is 1.28. The SMILES string of the molecule is CC(C)C[C@H](Nc1nccnc1Cl)C(=O)O. The first kappa shape index (κ1) is 12.7. The lowest BCUT2D eigenvalue weighted by molar-refractivity contribution is -0.138. The van der Waals surface area contributed by atoms with E-state index in [1.165, 1.54) is 12.4 Å². The Balaban J connectivity index is 2.76. The summed E-state index contributed by atoms with van der Waals surface area (Å²) >= 11 is 5.78. The van der Waals surface area contributed by atoms with E-state index in [0.29, 0.717) is 12.2 Å². The highest BCUT2D eigenvalue weighted by molar-refractivity contribution is 6.31. The molecule has 2 N–H and O–H groups in total. The van der Waals surface area contributed by atoms with Crippen LogP contribution in [0.4, 0.5) is 5.82 Å². The quantitative estimate of drug-likeness (QED) is 0.828. The van der Waals surface area contributed by atoms with Gasteiger partial charge in [0, 0.05) is 12.4 Å². The van der Waals surface area contributed by atoms with Crippen LogP contribution in [0, 0.1) is 5.92 Å². The Kier molecular flexibility index (Phi) is 4.49. The molecule has 0 saturated heterocycles. The fraction of sp³-hybridized carbons (Fsp3) is 0.500. The minimum absolute atomic E-state index is 0.178. The number of nitrogens with zero attached hydrogens (tertiary/aromatic N) is 2. The number of halogens is 1. The molecule has 0 fully saturated rings. The Morgan fingerprint density at radius 1 is 1.50 bits per heavy atom. The summed E-state index contributed by atoms with van der Waals surface area (Å²) in [5.74, 6) is -0.350. The van der Waals surface area contributed by atoms with Gasteiger partial charge in [0.1, 0.15) is 6.04 Å². The van der Waals surface area contributed by atoms with Gasteiger partial charge in [-0.1, -0.05) is 25.4 Å². The highest BCUT2D eigenvalue weighted by Gasteiger charge is 2.20. The van der Waals surface area contributed by atoms with Crippen molar-refractivity contribution in [2.24, 2.45) is 5.92 Å². The van der Waals surface area contributed by atoms with Crippen LogP contribution in [0.1, 0.15) is 20.3 Å². The molecule has 0 aromatic carbocycles. The zero-order valence-electron chi connectivity index (χ0n) is 9.14. The van der Waals surface area contributed by atoms with E-state index in [-0.39, 0.29) is 11.1 Å². The summed E-state index contributed by atoms with van der Waals surface area (Å²) in [7, 11) is 0. The number of carboxylic acids is 1. The van der Waals surface area contributed by atoms with E-state index in [9.17, 15) is 4.79 Å². The first-order valence-corrected chi connectivity index (χ1v) is 5.34. The number of hydrogen-bond donors (Lipinski definition) is 2. The second-order valence-electron chi connectivity index (χ2n) is 3.86. The number of carbonyl (C=O) groups is 1. The molecule has 0 aliphatic carbocycles. The molecular weight excluding hydrogens is 230 g/mol. The van der Waals surface area contributed by atoms with Crippen molar-refractivity contribution in [3.8, 4) is 0 Å². The molecule has 6 heteroatoms. The van der Waals surface area contributed by atoms with Crippen LogP contribution in [0.25, 0.3) is 0 Å². The van der Waals surface area contributed by atoms with Crippen molar-refractivity contribution < 1.29 is 9.90 Å². The molecule has 0 radical (unpaired) electrons. The van der Waals surface area contributed by atoms with Crippen LogP contribution in [0.5, 0.6) is 0 Å². The predicted octanol–water partition coefficient (Wildman–Crippen LogP) is 2.04. The second-order valence-corrected chi connectivity index (χ2v) is 4.22. The zero-order valence-corrected chi connectivity index (χ0v) is 9.90. The molecular formula is C10H14ClN3O2. The molecule has 1 rings (SSSR count). The summed E-state index contributed by atoms with van der Waals surface area (Å²) in [6.45, 7) is 3.91. The van der Waals surface area contributed by atoms with Gasteiger partial charge in [-0.15, -0.1) is 0 Å². The number of carboxylic acid groups (broad SMARTS) is 1. The molecule has 1 aromatic rings. The third-order valence-electron chi connectivity index (χ3n) is 1.97. The number of aromatic nitrogens is 2. The topological polar surface area (TPSA) is 75.1 Å². The van der Waals surface area contributed by atoms with E-state index >= 15 is 0 Å². The maximum absolute atomic E-state index is 11.0. The van der Waals surface area contributed by atoms with Gasteiger partial charge < -0.3 is 10.4 Å². The average molecular weight is 244 g/mol. The van der Waals surface area contributed by atoms with Crippen LogP contribution < -0.4 is 5.32 Å². The highest BCUT2D eigenvalue weighted by atomic mass is 35.5. The van der Waals surface area contributed by atoms with Crippen LogP contribution in [-0.2, 0) is 4.79 Å². The van der Waals surface area contributed by atoms with Crippen molar-refractivity contribution in [2.75, 3.05) is 5.32 Å². The van der Waals surface area contributed by atoms with E-state index in [1.807, 2.05) is 13.8 Å². The third kappa shape index (κ3) is 3.66. The number of nitrogens with one attached hydrogen (secondary N) is 1. The highest BCUT2D eigenvalue weighted by Crippen LogP contribution is 2.17. The van der Waals surface area contributed by atoms with Gasteiger partial charge in [-0.05, 0) is 12.3 Å². The first-order valence-electron chi connectivity index (χ1n) is 4.96. The summed E-state index contributed by atoms with van der Waals surface area (Å²) < 4.78 is 0. The van der Waals surface area contributed by atoms with Crippen molar-refractivity contribution in [1.82, 2.24) is 9.97 Å². The minimum Gasteiger partial charge on any atom is -0.480 e. The molecule has 0 aliphatic heterocycles. The lowest BCUT2D eigenvalue weighted by Crippen LogP contribution is -2.31. The number of anilines is 1. The van der Waals surface area contributed by atoms with Gasteiger partial charge in [0.25, 0.3) is 0 Å². The molecule has 1 aromatic heterocycles. The zero-order chi connectivity index (χ0) is 12.1. The average Bonchev–Trinajstić information content (AvgIpc) is 2.19. The smallest absolute Gasteiger partial charge is 0.326 e. The number of aliphatic carboxylic acids is 1. The van der Waals surface area contributed by atoms with Crippen LogP contribution in [0.3, 0.4) is 0 Å². The molecule has 88 valence electrons. The van der Waals surface area contributed by atoms with Gasteiger partial charge >= 0.3 is 5.97 Å². The van der Waals surface area contributed by atoms with Gasteiger partial charge in [-0.2, -0.15) is 0 Å². The van der Waals surface area contributed by atoms with Crippen LogP contribution in [0.2, 0.25) is 5.15 Å². The largest absolute Gasteiger partial charge is 0.480 e. The van der Waals surface area contributed by atoms with E-state index in [4.69, 9.17) is 16.7 Å². The van der Waals surface area contributed by atoms with Crippen molar-refractivity contribution in [2.45, 2.75) is 26.3 Å². The molecule has 0 aliphatic rings. The van der Waals surface area contributed by atoms with Crippen molar-refractivity contribution in [3.05, 3.63) is 17.5 Å². The normalized spacial score (nSPS) is 12.5. The molecule has 0 unspecified atom stereocenters. The number of rotatable bonds is 5. The van der Waals surface area contributed by atoms with Gasteiger partial charge in [-0.25, -0.2) is 14.8 Å². The van der Waals surface area contributed by atoms with E-state index in [0.717, 1.165) is 0 Å². The van der Waals surface area contributed by atoms with E-state index in [1.54, 1.807) is 0 Å². The summed E-state index contributed by atoms with van der Waals surface area (Å²) in [4.78, 5) is 18.8. The van der Waals surface area contributed by atoms with Crippen molar-refractivity contribution >= 4 is 23.4 Å². The number of hydrogen-bond acceptors (Lipinski definition) is 4. The fourth-order valence-corrected chi connectivity index (χ4v) is 1.44. The summed E-state index contributed by atoms with van der Waals surface area (Å²) in [5.41, 5.74) is 0. The lowest BCUT2D eigenvalue weighted by Gasteiger charge is -2.17. The maximum Gasteiger partial charge on any atom is 0.326 e. The molecule has 1 atom stereocenters. The summed E-state index contributed by atoms with van der Waals surface area (Å²) in [5, 5.41) is 12.0.